The lowest BCUT2D eigenvalue weighted by Crippen LogP contribution is -2.17. The largest absolute Gasteiger partial charge is 0.505 e. The second-order valence-corrected chi connectivity index (χ2v) is 7.70. The SMILES string of the molecule is CCC(C)(C)c1cc(CCC(=O)O)cc(-n2nc3ccc(Cl)cc3n2)c1O. The number of benzene rings is 2. The predicted octanol–water partition coefficient (Wildman–Crippen LogP) is 4.48. The van der Waals surface area contributed by atoms with Crippen LogP contribution >= 0.6 is 11.6 Å². The molecule has 0 saturated carbocycles. The zero-order valence-corrected chi connectivity index (χ0v) is 16.3. The Bertz CT molecular complexity index is 1010. The van der Waals surface area contributed by atoms with Crippen LogP contribution in [0.2, 0.25) is 5.02 Å². The predicted molar refractivity (Wildman–Crippen MR) is 105 cm³/mol. The Morgan fingerprint density at radius 1 is 1.19 bits per heavy atom. The molecule has 0 aliphatic rings. The molecule has 1 heterocycles. The molecule has 0 spiro atoms. The summed E-state index contributed by atoms with van der Waals surface area (Å²) < 4.78 is 0. The van der Waals surface area contributed by atoms with E-state index in [0.29, 0.717) is 28.2 Å². The van der Waals surface area contributed by atoms with E-state index in [1.165, 1.54) is 4.80 Å². The maximum Gasteiger partial charge on any atom is 0.303 e. The van der Waals surface area contributed by atoms with Gasteiger partial charge < -0.3 is 10.2 Å². The van der Waals surface area contributed by atoms with Crippen LogP contribution in [0.5, 0.6) is 5.75 Å². The number of aromatic hydroxyl groups is 1. The van der Waals surface area contributed by atoms with E-state index in [1.54, 1.807) is 24.3 Å². The number of phenolic OH excluding ortho intramolecular Hbond substituents is 1. The molecule has 2 aromatic carbocycles. The topological polar surface area (TPSA) is 88.2 Å². The first-order valence-corrected chi connectivity index (χ1v) is 9.20. The Balaban J connectivity index is 2.18. The molecule has 0 radical (unpaired) electrons. The van der Waals surface area contributed by atoms with Gasteiger partial charge in [-0.1, -0.05) is 38.4 Å². The van der Waals surface area contributed by atoms with Gasteiger partial charge in [-0.05, 0) is 48.1 Å². The van der Waals surface area contributed by atoms with E-state index in [0.717, 1.165) is 17.5 Å². The summed E-state index contributed by atoms with van der Waals surface area (Å²) in [6, 6.07) is 8.84. The van der Waals surface area contributed by atoms with Crippen LogP contribution < -0.4 is 0 Å². The molecule has 7 heteroatoms. The maximum atomic E-state index is 11.0. The summed E-state index contributed by atoms with van der Waals surface area (Å²) in [6.45, 7) is 6.13. The Kier molecular flexibility index (Phi) is 5.11. The van der Waals surface area contributed by atoms with Crippen molar-refractivity contribution < 1.29 is 15.0 Å². The van der Waals surface area contributed by atoms with Crippen LogP contribution in [0, 0.1) is 0 Å². The molecular weight excluding hydrogens is 366 g/mol. The number of aliphatic carboxylic acids is 1. The highest BCUT2D eigenvalue weighted by molar-refractivity contribution is 6.31. The van der Waals surface area contributed by atoms with Crippen molar-refractivity contribution in [3.05, 3.63) is 46.5 Å². The van der Waals surface area contributed by atoms with Crippen molar-refractivity contribution in [3.8, 4) is 11.4 Å². The molecule has 0 bridgehead atoms. The summed E-state index contributed by atoms with van der Waals surface area (Å²) in [6.07, 6.45) is 1.19. The van der Waals surface area contributed by atoms with Gasteiger partial charge in [-0.3, -0.25) is 4.79 Å². The van der Waals surface area contributed by atoms with E-state index >= 15 is 0 Å². The minimum atomic E-state index is -0.862. The molecule has 27 heavy (non-hydrogen) atoms. The molecule has 0 amide bonds. The van der Waals surface area contributed by atoms with E-state index in [-0.39, 0.29) is 17.6 Å². The van der Waals surface area contributed by atoms with Crippen LogP contribution in [0.25, 0.3) is 16.7 Å². The first-order chi connectivity index (χ1) is 12.7. The monoisotopic (exact) mass is 387 g/mol. The number of carboxylic acids is 1. The van der Waals surface area contributed by atoms with Crippen molar-refractivity contribution >= 4 is 28.6 Å². The molecule has 0 fully saturated rings. The van der Waals surface area contributed by atoms with Gasteiger partial charge in [-0.15, -0.1) is 15.0 Å². The molecule has 3 aromatic rings. The number of carbonyl (C=O) groups is 1. The zero-order valence-electron chi connectivity index (χ0n) is 15.5. The highest BCUT2D eigenvalue weighted by atomic mass is 35.5. The van der Waals surface area contributed by atoms with E-state index < -0.39 is 5.97 Å². The van der Waals surface area contributed by atoms with Crippen LogP contribution in [0.1, 0.15) is 44.7 Å². The lowest BCUT2D eigenvalue weighted by atomic mass is 9.80. The van der Waals surface area contributed by atoms with E-state index in [1.807, 2.05) is 26.8 Å². The summed E-state index contributed by atoms with van der Waals surface area (Å²) >= 11 is 6.02. The van der Waals surface area contributed by atoms with Gasteiger partial charge in [0.15, 0.2) is 0 Å². The van der Waals surface area contributed by atoms with Crippen LogP contribution in [0.15, 0.2) is 30.3 Å². The number of carboxylic acid groups (broad SMARTS) is 1. The van der Waals surface area contributed by atoms with E-state index in [2.05, 4.69) is 10.2 Å². The van der Waals surface area contributed by atoms with Crippen molar-refractivity contribution in [1.29, 1.82) is 0 Å². The Hall–Kier alpha value is -2.60. The van der Waals surface area contributed by atoms with Crippen LogP contribution in [-0.4, -0.2) is 31.2 Å². The molecule has 0 saturated heterocycles. The third-order valence-corrected chi connectivity index (χ3v) is 5.18. The van der Waals surface area contributed by atoms with Gasteiger partial charge in [0.1, 0.15) is 22.5 Å². The molecule has 0 atom stereocenters. The minimum absolute atomic E-state index is 0.0142. The molecule has 1 aromatic heterocycles. The standard InChI is InChI=1S/C20H22ClN3O3/c1-4-20(2,3)14-9-12(5-8-18(25)26)10-17(19(14)27)24-22-15-7-6-13(21)11-16(15)23-24/h6-7,9-11,27H,4-5,8H2,1-3H3,(H,25,26). The Morgan fingerprint density at radius 2 is 1.89 bits per heavy atom. The molecule has 0 aliphatic carbocycles. The van der Waals surface area contributed by atoms with E-state index in [9.17, 15) is 9.90 Å². The summed E-state index contributed by atoms with van der Waals surface area (Å²) in [4.78, 5) is 12.4. The fraction of sp³-hybridized carbons (Fsp3) is 0.350. The average Bonchev–Trinajstić information content (AvgIpc) is 3.03. The lowest BCUT2D eigenvalue weighted by Gasteiger charge is -2.26. The van der Waals surface area contributed by atoms with Crippen LogP contribution in [0.3, 0.4) is 0 Å². The van der Waals surface area contributed by atoms with E-state index in [4.69, 9.17) is 16.7 Å². The van der Waals surface area contributed by atoms with Crippen molar-refractivity contribution in [1.82, 2.24) is 15.0 Å². The number of rotatable bonds is 6. The van der Waals surface area contributed by atoms with Gasteiger partial charge in [0.2, 0.25) is 0 Å². The fourth-order valence-corrected chi connectivity index (χ4v) is 3.09. The third-order valence-electron chi connectivity index (χ3n) is 4.95. The van der Waals surface area contributed by atoms with Crippen LogP contribution in [0.4, 0.5) is 0 Å². The molecule has 0 unspecified atom stereocenters. The van der Waals surface area contributed by atoms with Crippen molar-refractivity contribution in [3.63, 3.8) is 0 Å². The first kappa shape index (κ1) is 19.2. The number of aromatic nitrogens is 3. The second-order valence-electron chi connectivity index (χ2n) is 7.26. The maximum absolute atomic E-state index is 11.0. The van der Waals surface area contributed by atoms with Crippen molar-refractivity contribution in [2.75, 3.05) is 0 Å². The van der Waals surface area contributed by atoms with Crippen molar-refractivity contribution in [2.45, 2.75) is 45.4 Å². The number of halogens is 1. The number of hydrogen-bond acceptors (Lipinski definition) is 4. The highest BCUT2D eigenvalue weighted by Gasteiger charge is 2.26. The molecule has 6 nitrogen and oxygen atoms in total. The number of nitrogens with zero attached hydrogens (tertiary/aromatic N) is 3. The lowest BCUT2D eigenvalue weighted by molar-refractivity contribution is -0.136. The summed E-state index contributed by atoms with van der Waals surface area (Å²) in [5, 5.41) is 29.4. The Morgan fingerprint density at radius 3 is 2.56 bits per heavy atom. The number of phenols is 1. The average molecular weight is 388 g/mol. The highest BCUT2D eigenvalue weighted by Crippen LogP contribution is 2.38. The molecule has 142 valence electrons. The normalized spacial score (nSPS) is 11.9. The summed E-state index contributed by atoms with van der Waals surface area (Å²) in [7, 11) is 0. The third kappa shape index (κ3) is 3.90. The minimum Gasteiger partial charge on any atom is -0.505 e. The van der Waals surface area contributed by atoms with Gasteiger partial charge in [0, 0.05) is 17.0 Å². The molecule has 3 rings (SSSR count). The number of fused-ring (bicyclic) bond motifs is 1. The smallest absolute Gasteiger partial charge is 0.303 e. The number of aryl methyl sites for hydroxylation is 1. The summed E-state index contributed by atoms with van der Waals surface area (Å²) in [5.74, 6) is -0.758. The van der Waals surface area contributed by atoms with Gasteiger partial charge in [0.25, 0.3) is 0 Å². The van der Waals surface area contributed by atoms with Crippen LogP contribution in [-0.2, 0) is 16.6 Å². The van der Waals surface area contributed by atoms with Gasteiger partial charge >= 0.3 is 5.97 Å². The Labute approximate surface area is 162 Å². The quantitative estimate of drug-likeness (QED) is 0.650. The second kappa shape index (κ2) is 7.19. The number of hydrogen-bond donors (Lipinski definition) is 2. The van der Waals surface area contributed by atoms with Gasteiger partial charge in [0.05, 0.1) is 0 Å². The molecule has 0 aliphatic heterocycles. The first-order valence-electron chi connectivity index (χ1n) is 8.82. The van der Waals surface area contributed by atoms with Crippen molar-refractivity contribution in [2.24, 2.45) is 0 Å². The van der Waals surface area contributed by atoms with Gasteiger partial charge in [-0.25, -0.2) is 0 Å². The molecule has 2 N–H and O–H groups in total. The fourth-order valence-electron chi connectivity index (χ4n) is 2.93. The summed E-state index contributed by atoms with van der Waals surface area (Å²) in [5.41, 5.74) is 3.00. The zero-order chi connectivity index (χ0) is 19.8. The molecular formula is C20H22ClN3O3. The van der Waals surface area contributed by atoms with Gasteiger partial charge in [-0.2, -0.15) is 0 Å².